The fourth-order valence-corrected chi connectivity index (χ4v) is 3.67. The summed E-state index contributed by atoms with van der Waals surface area (Å²) < 4.78 is 39.2. The fraction of sp³-hybridized carbons (Fsp3) is 0.0385. The van der Waals surface area contributed by atoms with Crippen molar-refractivity contribution >= 4 is 46.9 Å². The Kier molecular flexibility index (Phi) is 8.34. The molecule has 0 aromatic heterocycles. The Labute approximate surface area is 215 Å². The van der Waals surface area contributed by atoms with Gasteiger partial charge in [0.05, 0.1) is 38.8 Å². The summed E-state index contributed by atoms with van der Waals surface area (Å²) in [6.45, 7) is 3.90. The molecule has 0 saturated carbocycles. The van der Waals surface area contributed by atoms with Crippen LogP contribution in [0.4, 0.5) is 13.2 Å². The van der Waals surface area contributed by atoms with Crippen molar-refractivity contribution in [2.24, 2.45) is 10.7 Å². The third kappa shape index (κ3) is 5.84. The van der Waals surface area contributed by atoms with Gasteiger partial charge in [0.1, 0.15) is 0 Å². The van der Waals surface area contributed by atoms with E-state index in [1.807, 2.05) is 0 Å². The molecule has 0 aliphatic rings. The average molecular weight is 532 g/mol. The third-order valence-corrected chi connectivity index (χ3v) is 5.67. The van der Waals surface area contributed by atoms with Gasteiger partial charge in [-0.1, -0.05) is 66.2 Å². The van der Waals surface area contributed by atoms with E-state index in [0.717, 1.165) is 23.4 Å². The number of nitrogens with zero attached hydrogens (tertiary/aromatic N) is 2. The van der Waals surface area contributed by atoms with E-state index in [0.29, 0.717) is 0 Å². The molecule has 3 rings (SSSR count). The zero-order valence-corrected chi connectivity index (χ0v) is 20.0. The van der Waals surface area contributed by atoms with Crippen LogP contribution in [0.5, 0.6) is 0 Å². The number of imide groups is 1. The molecule has 5 nitrogen and oxygen atoms in total. The smallest absolute Gasteiger partial charge is 0.390 e. The summed E-state index contributed by atoms with van der Waals surface area (Å²) in [6.07, 6.45) is -2.44. The molecule has 0 unspecified atom stereocenters. The molecular weight excluding hydrogens is 514 g/mol. The zero-order chi connectivity index (χ0) is 26.5. The molecule has 10 heteroatoms. The lowest BCUT2D eigenvalue weighted by molar-refractivity contribution is -0.137. The summed E-state index contributed by atoms with van der Waals surface area (Å²) in [6, 6.07) is 16.2. The predicted molar refractivity (Wildman–Crippen MR) is 135 cm³/mol. The lowest BCUT2D eigenvalue weighted by Gasteiger charge is -2.26. The number of nitrogens with two attached hydrogens (primary N) is 1. The molecule has 0 atom stereocenters. The van der Waals surface area contributed by atoms with Crippen molar-refractivity contribution in [2.75, 3.05) is 0 Å². The molecule has 0 radical (unpaired) electrons. The standard InChI is InChI=1S/C26H18Cl2F3N3O2/c1-16(21(14-33-15-32)17-10-12-18(13-11-17)26(29,30)31)34(24(35)19-6-2-4-8-22(19)27)25(36)20-7-3-5-9-23(20)28/h2-15H,1H2,(H2,32,33)/b21-14+. The van der Waals surface area contributed by atoms with Crippen LogP contribution in [0.15, 0.2) is 96.3 Å². The lowest BCUT2D eigenvalue weighted by Crippen LogP contribution is -2.36. The summed E-state index contributed by atoms with van der Waals surface area (Å²) in [5.41, 5.74) is 4.54. The molecule has 36 heavy (non-hydrogen) atoms. The summed E-state index contributed by atoms with van der Waals surface area (Å²) in [4.78, 5) is 31.8. The maximum Gasteiger partial charge on any atom is 0.416 e. The Morgan fingerprint density at radius 3 is 1.75 bits per heavy atom. The molecule has 0 aliphatic heterocycles. The first-order chi connectivity index (χ1) is 17.1. The number of allylic oxidation sites excluding steroid dienone is 1. The lowest BCUT2D eigenvalue weighted by atomic mass is 10.00. The highest BCUT2D eigenvalue weighted by Gasteiger charge is 2.32. The van der Waals surface area contributed by atoms with Crippen molar-refractivity contribution in [3.63, 3.8) is 0 Å². The van der Waals surface area contributed by atoms with Crippen molar-refractivity contribution in [3.8, 4) is 0 Å². The van der Waals surface area contributed by atoms with Crippen LogP contribution in [0.3, 0.4) is 0 Å². The van der Waals surface area contributed by atoms with E-state index in [1.165, 1.54) is 42.6 Å². The minimum Gasteiger partial charge on any atom is -0.390 e. The minimum atomic E-state index is -4.55. The quantitative estimate of drug-likeness (QED) is 0.164. The highest BCUT2D eigenvalue weighted by atomic mass is 35.5. The van der Waals surface area contributed by atoms with Gasteiger partial charge in [0.15, 0.2) is 0 Å². The molecule has 0 spiro atoms. The van der Waals surface area contributed by atoms with Gasteiger partial charge in [0.2, 0.25) is 0 Å². The van der Waals surface area contributed by atoms with Gasteiger partial charge in [0, 0.05) is 11.8 Å². The van der Waals surface area contributed by atoms with E-state index in [-0.39, 0.29) is 38.0 Å². The number of hydrogen-bond donors (Lipinski definition) is 1. The molecule has 3 aromatic rings. The number of benzene rings is 3. The fourth-order valence-electron chi connectivity index (χ4n) is 3.24. The highest BCUT2D eigenvalue weighted by molar-refractivity contribution is 6.36. The number of carbonyl (C=O) groups is 2. The number of rotatable bonds is 6. The Morgan fingerprint density at radius 2 is 1.33 bits per heavy atom. The van der Waals surface area contributed by atoms with Crippen LogP contribution < -0.4 is 5.73 Å². The van der Waals surface area contributed by atoms with E-state index in [2.05, 4.69) is 11.6 Å². The Morgan fingerprint density at radius 1 is 0.861 bits per heavy atom. The van der Waals surface area contributed by atoms with E-state index in [4.69, 9.17) is 28.9 Å². The molecule has 3 aromatic carbocycles. The summed E-state index contributed by atoms with van der Waals surface area (Å²) in [5.74, 6) is -1.66. The van der Waals surface area contributed by atoms with Gasteiger partial charge in [-0.05, 0) is 42.0 Å². The van der Waals surface area contributed by atoms with Crippen LogP contribution in [-0.2, 0) is 6.18 Å². The molecular formula is C26H18Cl2F3N3O2. The normalized spacial score (nSPS) is 12.0. The largest absolute Gasteiger partial charge is 0.416 e. The molecule has 0 bridgehead atoms. The van der Waals surface area contributed by atoms with Crippen LogP contribution in [-0.4, -0.2) is 23.1 Å². The van der Waals surface area contributed by atoms with E-state index >= 15 is 0 Å². The second-order valence-electron chi connectivity index (χ2n) is 7.27. The monoisotopic (exact) mass is 531 g/mol. The van der Waals surface area contributed by atoms with Gasteiger partial charge in [0.25, 0.3) is 11.8 Å². The third-order valence-electron chi connectivity index (χ3n) is 5.01. The number of amides is 2. The van der Waals surface area contributed by atoms with Gasteiger partial charge >= 0.3 is 6.18 Å². The zero-order valence-electron chi connectivity index (χ0n) is 18.5. The maximum atomic E-state index is 13.6. The first-order valence-corrected chi connectivity index (χ1v) is 11.0. The van der Waals surface area contributed by atoms with Crippen molar-refractivity contribution in [1.29, 1.82) is 0 Å². The molecule has 2 amide bonds. The van der Waals surface area contributed by atoms with Crippen molar-refractivity contribution in [2.45, 2.75) is 6.18 Å². The van der Waals surface area contributed by atoms with Gasteiger partial charge in [-0.15, -0.1) is 0 Å². The summed E-state index contributed by atoms with van der Waals surface area (Å²) >= 11 is 12.4. The van der Waals surface area contributed by atoms with E-state index in [9.17, 15) is 22.8 Å². The molecule has 0 saturated heterocycles. The number of hydrogen-bond acceptors (Lipinski definition) is 3. The van der Waals surface area contributed by atoms with Gasteiger partial charge < -0.3 is 5.73 Å². The first kappa shape index (κ1) is 26.7. The topological polar surface area (TPSA) is 75.8 Å². The van der Waals surface area contributed by atoms with Gasteiger partial charge in [-0.3, -0.25) is 9.59 Å². The maximum absolute atomic E-state index is 13.6. The summed E-state index contributed by atoms with van der Waals surface area (Å²) in [7, 11) is 0. The second-order valence-corrected chi connectivity index (χ2v) is 8.08. The van der Waals surface area contributed by atoms with Crippen LogP contribution in [0.1, 0.15) is 31.8 Å². The molecule has 184 valence electrons. The SMILES string of the molecule is C=C(/C(=C\N=C/N)c1ccc(C(F)(F)F)cc1)N(C(=O)c1ccccc1Cl)C(=O)c1ccccc1Cl. The second kappa shape index (κ2) is 11.2. The van der Waals surface area contributed by atoms with Crippen LogP contribution in [0, 0.1) is 0 Å². The Bertz CT molecular complexity index is 1310. The predicted octanol–water partition coefficient (Wildman–Crippen LogP) is 6.84. The number of alkyl halides is 3. The molecule has 0 fully saturated rings. The molecule has 2 N–H and O–H groups in total. The number of carbonyl (C=O) groups excluding carboxylic acids is 2. The highest BCUT2D eigenvalue weighted by Crippen LogP contribution is 2.33. The van der Waals surface area contributed by atoms with Gasteiger partial charge in [-0.2, -0.15) is 13.2 Å². The Hall–Kier alpha value is -3.88. The van der Waals surface area contributed by atoms with E-state index in [1.54, 1.807) is 24.3 Å². The first-order valence-electron chi connectivity index (χ1n) is 10.2. The van der Waals surface area contributed by atoms with Crippen LogP contribution in [0.25, 0.3) is 5.57 Å². The number of aliphatic imine (C=N–C) groups is 1. The summed E-state index contributed by atoms with van der Waals surface area (Å²) in [5, 5.41) is 0.152. The minimum absolute atomic E-state index is 0.00480. The molecule has 0 heterocycles. The Balaban J connectivity index is 2.17. The number of halogens is 5. The van der Waals surface area contributed by atoms with E-state index < -0.39 is 23.6 Å². The van der Waals surface area contributed by atoms with Crippen LogP contribution in [0.2, 0.25) is 10.0 Å². The van der Waals surface area contributed by atoms with Gasteiger partial charge in [-0.25, -0.2) is 9.89 Å². The molecule has 0 aliphatic carbocycles. The van der Waals surface area contributed by atoms with Crippen molar-refractivity contribution in [1.82, 2.24) is 4.90 Å². The van der Waals surface area contributed by atoms with Crippen molar-refractivity contribution in [3.05, 3.63) is 124 Å². The van der Waals surface area contributed by atoms with Crippen molar-refractivity contribution < 1.29 is 22.8 Å². The van der Waals surface area contributed by atoms with Crippen LogP contribution >= 0.6 is 23.2 Å². The average Bonchev–Trinajstić information content (AvgIpc) is 2.84.